The van der Waals surface area contributed by atoms with Crippen molar-refractivity contribution in [1.82, 2.24) is 5.32 Å². The van der Waals surface area contributed by atoms with Crippen LogP contribution in [0.2, 0.25) is 5.02 Å². The van der Waals surface area contributed by atoms with Crippen molar-refractivity contribution in [3.05, 3.63) is 58.6 Å². The van der Waals surface area contributed by atoms with Crippen LogP contribution < -0.4 is 14.8 Å². The van der Waals surface area contributed by atoms with Crippen molar-refractivity contribution in [2.75, 3.05) is 13.7 Å². The molecule has 0 unspecified atom stereocenters. The topological polar surface area (TPSA) is 47.6 Å². The zero-order valence-corrected chi connectivity index (χ0v) is 15.6. The third-order valence-electron chi connectivity index (χ3n) is 3.89. The number of amides is 1. The predicted octanol–water partition coefficient (Wildman–Crippen LogP) is 4.17. The molecule has 0 radical (unpaired) electrons. The molecule has 0 aliphatic carbocycles. The van der Waals surface area contributed by atoms with Crippen LogP contribution in [0, 0.1) is 6.92 Å². The number of rotatable bonds is 8. The minimum Gasteiger partial charge on any atom is -0.497 e. The smallest absolute Gasteiger partial charge is 0.260 e. The van der Waals surface area contributed by atoms with Crippen molar-refractivity contribution >= 4 is 17.5 Å². The second-order valence-electron chi connectivity index (χ2n) is 5.92. The SMILES string of the molecule is COc1cccc(CCCNC(=O)[C@H](C)Oc2ccc(Cl)c(C)c2)c1. The Kier molecular flexibility index (Phi) is 7.14. The number of benzene rings is 2. The van der Waals surface area contributed by atoms with Crippen LogP contribution in [0.25, 0.3) is 0 Å². The van der Waals surface area contributed by atoms with E-state index in [0.717, 1.165) is 24.2 Å². The van der Waals surface area contributed by atoms with Crippen molar-refractivity contribution in [1.29, 1.82) is 0 Å². The van der Waals surface area contributed by atoms with Crippen LogP contribution in [0.5, 0.6) is 11.5 Å². The first-order chi connectivity index (χ1) is 12.0. The van der Waals surface area contributed by atoms with E-state index in [0.29, 0.717) is 17.3 Å². The van der Waals surface area contributed by atoms with Crippen LogP contribution in [0.1, 0.15) is 24.5 Å². The van der Waals surface area contributed by atoms with Crippen LogP contribution in [-0.4, -0.2) is 25.7 Å². The number of halogens is 1. The van der Waals surface area contributed by atoms with Crippen molar-refractivity contribution in [3.63, 3.8) is 0 Å². The van der Waals surface area contributed by atoms with Gasteiger partial charge in [-0.1, -0.05) is 23.7 Å². The maximum atomic E-state index is 12.1. The minimum absolute atomic E-state index is 0.127. The lowest BCUT2D eigenvalue weighted by Crippen LogP contribution is -2.36. The number of hydrogen-bond acceptors (Lipinski definition) is 3. The highest BCUT2D eigenvalue weighted by Gasteiger charge is 2.14. The largest absolute Gasteiger partial charge is 0.497 e. The number of carbonyl (C=O) groups is 1. The highest BCUT2D eigenvalue weighted by atomic mass is 35.5. The van der Waals surface area contributed by atoms with Gasteiger partial charge in [-0.2, -0.15) is 0 Å². The van der Waals surface area contributed by atoms with E-state index in [1.165, 1.54) is 5.56 Å². The Balaban J connectivity index is 1.74. The van der Waals surface area contributed by atoms with Crippen LogP contribution in [0.15, 0.2) is 42.5 Å². The monoisotopic (exact) mass is 361 g/mol. The standard InChI is InChI=1S/C20H24ClNO3/c1-14-12-18(9-10-19(14)21)25-15(2)20(23)22-11-5-7-16-6-4-8-17(13-16)24-3/h4,6,8-10,12-13,15H,5,7,11H2,1-3H3,(H,22,23)/t15-/m0/s1. The quantitative estimate of drug-likeness (QED) is 0.718. The van der Waals surface area contributed by atoms with Gasteiger partial charge in [0.2, 0.25) is 0 Å². The Labute approximate surface area is 154 Å². The summed E-state index contributed by atoms with van der Waals surface area (Å²) in [6.07, 6.45) is 1.17. The first-order valence-corrected chi connectivity index (χ1v) is 8.71. The second-order valence-corrected chi connectivity index (χ2v) is 6.32. The molecule has 0 aromatic heterocycles. The Morgan fingerprint density at radius 2 is 2.00 bits per heavy atom. The first-order valence-electron chi connectivity index (χ1n) is 8.33. The van der Waals surface area contributed by atoms with Crippen LogP contribution in [0.3, 0.4) is 0 Å². The molecule has 5 heteroatoms. The van der Waals surface area contributed by atoms with Crippen LogP contribution >= 0.6 is 11.6 Å². The molecule has 1 amide bonds. The fourth-order valence-corrected chi connectivity index (χ4v) is 2.54. The number of nitrogens with one attached hydrogen (secondary N) is 1. The van der Waals surface area contributed by atoms with Gasteiger partial charge >= 0.3 is 0 Å². The Bertz CT molecular complexity index is 718. The van der Waals surface area contributed by atoms with Gasteiger partial charge in [0.1, 0.15) is 11.5 Å². The lowest BCUT2D eigenvalue weighted by atomic mass is 10.1. The van der Waals surface area contributed by atoms with Crippen molar-refractivity contribution < 1.29 is 14.3 Å². The molecule has 134 valence electrons. The summed E-state index contributed by atoms with van der Waals surface area (Å²) in [6.45, 7) is 4.24. The summed E-state index contributed by atoms with van der Waals surface area (Å²) < 4.78 is 10.9. The van der Waals surface area contributed by atoms with E-state index >= 15 is 0 Å². The summed E-state index contributed by atoms with van der Waals surface area (Å²) in [5, 5.41) is 3.59. The fourth-order valence-electron chi connectivity index (χ4n) is 2.42. The van der Waals surface area contributed by atoms with Gasteiger partial charge in [-0.3, -0.25) is 4.79 Å². The molecular formula is C20H24ClNO3. The summed E-state index contributed by atoms with van der Waals surface area (Å²) >= 11 is 5.99. The molecule has 0 aliphatic heterocycles. The lowest BCUT2D eigenvalue weighted by molar-refractivity contribution is -0.127. The van der Waals surface area contributed by atoms with Gasteiger partial charge in [-0.15, -0.1) is 0 Å². The molecular weight excluding hydrogens is 338 g/mol. The fraction of sp³-hybridized carbons (Fsp3) is 0.350. The van der Waals surface area contributed by atoms with Crippen molar-refractivity contribution in [2.45, 2.75) is 32.8 Å². The van der Waals surface area contributed by atoms with Gasteiger partial charge in [0, 0.05) is 11.6 Å². The van der Waals surface area contributed by atoms with E-state index in [4.69, 9.17) is 21.1 Å². The Hall–Kier alpha value is -2.20. The molecule has 0 fully saturated rings. The summed E-state index contributed by atoms with van der Waals surface area (Å²) in [6, 6.07) is 13.3. The maximum Gasteiger partial charge on any atom is 0.260 e. The number of methoxy groups -OCH3 is 1. The molecule has 0 saturated heterocycles. The molecule has 4 nitrogen and oxygen atoms in total. The highest BCUT2D eigenvalue weighted by Crippen LogP contribution is 2.21. The van der Waals surface area contributed by atoms with Gasteiger partial charge in [-0.05, 0) is 68.1 Å². The molecule has 2 aromatic carbocycles. The normalized spacial score (nSPS) is 11.7. The molecule has 0 saturated carbocycles. The van der Waals surface area contributed by atoms with Crippen LogP contribution in [-0.2, 0) is 11.2 Å². The molecule has 1 atom stereocenters. The summed E-state index contributed by atoms with van der Waals surface area (Å²) in [4.78, 5) is 12.1. The number of ether oxygens (including phenoxy) is 2. The maximum absolute atomic E-state index is 12.1. The highest BCUT2D eigenvalue weighted by molar-refractivity contribution is 6.31. The summed E-state index contributed by atoms with van der Waals surface area (Å²) in [5.74, 6) is 1.36. The van der Waals surface area contributed by atoms with Gasteiger partial charge in [0.25, 0.3) is 5.91 Å². The number of hydrogen-bond donors (Lipinski definition) is 1. The van der Waals surface area contributed by atoms with E-state index in [1.54, 1.807) is 26.2 Å². The molecule has 0 bridgehead atoms. The number of carbonyl (C=O) groups excluding carboxylic acids is 1. The van der Waals surface area contributed by atoms with E-state index in [-0.39, 0.29) is 5.91 Å². The molecule has 2 aromatic rings. The Morgan fingerprint density at radius 3 is 2.72 bits per heavy atom. The third kappa shape index (κ3) is 5.98. The van der Waals surface area contributed by atoms with Gasteiger partial charge in [0.15, 0.2) is 6.10 Å². The molecule has 0 aliphatic rings. The first kappa shape index (κ1) is 19.1. The summed E-state index contributed by atoms with van der Waals surface area (Å²) in [5.41, 5.74) is 2.11. The molecule has 2 rings (SSSR count). The van der Waals surface area contributed by atoms with Gasteiger partial charge < -0.3 is 14.8 Å². The zero-order valence-electron chi connectivity index (χ0n) is 14.8. The van der Waals surface area contributed by atoms with Crippen molar-refractivity contribution in [2.24, 2.45) is 0 Å². The average Bonchev–Trinajstić information content (AvgIpc) is 2.61. The molecule has 1 N–H and O–H groups in total. The van der Waals surface area contributed by atoms with E-state index in [2.05, 4.69) is 11.4 Å². The predicted molar refractivity (Wildman–Crippen MR) is 101 cm³/mol. The van der Waals surface area contributed by atoms with Crippen molar-refractivity contribution in [3.8, 4) is 11.5 Å². The van der Waals surface area contributed by atoms with E-state index in [9.17, 15) is 4.79 Å². The zero-order chi connectivity index (χ0) is 18.2. The molecule has 25 heavy (non-hydrogen) atoms. The average molecular weight is 362 g/mol. The van der Waals surface area contributed by atoms with Gasteiger partial charge in [-0.25, -0.2) is 0 Å². The minimum atomic E-state index is -0.558. The molecule has 0 heterocycles. The summed E-state index contributed by atoms with van der Waals surface area (Å²) in [7, 11) is 1.66. The number of aryl methyl sites for hydroxylation is 2. The third-order valence-corrected chi connectivity index (χ3v) is 4.31. The molecule has 0 spiro atoms. The van der Waals surface area contributed by atoms with Gasteiger partial charge in [0.05, 0.1) is 7.11 Å². The van der Waals surface area contributed by atoms with E-state index < -0.39 is 6.10 Å². The van der Waals surface area contributed by atoms with Crippen LogP contribution in [0.4, 0.5) is 0 Å². The second kappa shape index (κ2) is 9.33. The van der Waals surface area contributed by atoms with E-state index in [1.807, 2.05) is 31.2 Å². The Morgan fingerprint density at radius 1 is 1.20 bits per heavy atom. The lowest BCUT2D eigenvalue weighted by Gasteiger charge is -2.15.